The molecule has 1 amide bonds. The Morgan fingerprint density at radius 2 is 2.24 bits per heavy atom. The van der Waals surface area contributed by atoms with Crippen molar-refractivity contribution in [1.82, 2.24) is 4.98 Å². The van der Waals surface area contributed by atoms with Gasteiger partial charge in [0.2, 0.25) is 5.01 Å². The monoisotopic (exact) mass is 388 g/mol. The van der Waals surface area contributed by atoms with Gasteiger partial charge in [0.1, 0.15) is 5.69 Å². The van der Waals surface area contributed by atoms with Crippen LogP contribution in [0.2, 0.25) is 5.02 Å². The van der Waals surface area contributed by atoms with Crippen LogP contribution in [0.15, 0.2) is 28.1 Å². The summed E-state index contributed by atoms with van der Waals surface area (Å²) in [6.45, 7) is 1.97. The largest absolute Gasteiger partial charge is 0.461 e. The van der Waals surface area contributed by atoms with E-state index in [2.05, 4.69) is 26.2 Å². The fourth-order valence-corrected chi connectivity index (χ4v) is 2.62. The molecule has 8 heteroatoms. The molecule has 0 bridgehead atoms. The number of nitrogens with one attached hydrogen (secondary N) is 1. The molecular weight excluding hydrogens is 380 g/mol. The van der Waals surface area contributed by atoms with E-state index in [1.165, 1.54) is 5.38 Å². The van der Waals surface area contributed by atoms with E-state index in [-0.39, 0.29) is 17.3 Å². The summed E-state index contributed by atoms with van der Waals surface area (Å²) in [5.41, 5.74) is 0.732. The van der Waals surface area contributed by atoms with Gasteiger partial charge in [-0.2, -0.15) is 0 Å². The highest BCUT2D eigenvalue weighted by Crippen LogP contribution is 2.25. The van der Waals surface area contributed by atoms with Crippen LogP contribution in [-0.4, -0.2) is 23.5 Å². The molecule has 110 valence electrons. The summed E-state index contributed by atoms with van der Waals surface area (Å²) >= 11 is 10.2. The summed E-state index contributed by atoms with van der Waals surface area (Å²) in [4.78, 5) is 27.5. The van der Waals surface area contributed by atoms with Gasteiger partial charge in [-0.3, -0.25) is 4.79 Å². The van der Waals surface area contributed by atoms with E-state index in [0.29, 0.717) is 15.2 Å². The number of hydrogen-bond donors (Lipinski definition) is 1. The van der Waals surface area contributed by atoms with E-state index in [0.717, 1.165) is 11.3 Å². The average molecular weight is 390 g/mol. The van der Waals surface area contributed by atoms with Crippen molar-refractivity contribution in [3.8, 4) is 0 Å². The molecule has 0 aliphatic carbocycles. The first-order chi connectivity index (χ1) is 10.0. The van der Waals surface area contributed by atoms with Gasteiger partial charge in [0.05, 0.1) is 11.6 Å². The molecule has 0 spiro atoms. The molecule has 1 heterocycles. The zero-order valence-corrected chi connectivity index (χ0v) is 14.0. The summed E-state index contributed by atoms with van der Waals surface area (Å²) in [6, 6.07) is 5.01. The van der Waals surface area contributed by atoms with Crippen molar-refractivity contribution in [1.29, 1.82) is 0 Å². The van der Waals surface area contributed by atoms with Crippen LogP contribution in [0.1, 0.15) is 27.2 Å². The summed E-state index contributed by atoms with van der Waals surface area (Å²) in [6.07, 6.45) is 0. The number of benzene rings is 1. The Balaban J connectivity index is 2.10. The van der Waals surface area contributed by atoms with Gasteiger partial charge in [0, 0.05) is 15.5 Å². The standard InChI is InChI=1S/C13H10BrClN2O3S/c1-2-20-13(19)12-17-10(6-21-12)11(18)16-7-3-4-9(15)8(14)5-7/h3-6H,2H2,1H3,(H,16,18). The Hall–Kier alpha value is -1.44. The summed E-state index contributed by atoms with van der Waals surface area (Å²) in [5.74, 6) is -0.938. The molecule has 0 fully saturated rings. The Morgan fingerprint density at radius 3 is 2.90 bits per heavy atom. The highest BCUT2D eigenvalue weighted by molar-refractivity contribution is 9.10. The normalized spacial score (nSPS) is 10.2. The van der Waals surface area contributed by atoms with E-state index in [4.69, 9.17) is 16.3 Å². The quantitative estimate of drug-likeness (QED) is 0.803. The van der Waals surface area contributed by atoms with Crippen molar-refractivity contribution in [2.75, 3.05) is 11.9 Å². The Morgan fingerprint density at radius 1 is 1.48 bits per heavy atom. The van der Waals surface area contributed by atoms with Gasteiger partial charge in [-0.05, 0) is 41.1 Å². The predicted molar refractivity (Wildman–Crippen MR) is 85.2 cm³/mol. The summed E-state index contributed by atoms with van der Waals surface area (Å²) in [7, 11) is 0. The Kier molecular flexibility index (Phi) is 5.33. The second-order valence-corrected chi connectivity index (χ2v) is 5.96. The molecule has 2 aromatic rings. The van der Waals surface area contributed by atoms with Crippen LogP contribution in [-0.2, 0) is 4.74 Å². The molecule has 1 aromatic heterocycles. The first-order valence-corrected chi connectivity index (χ1v) is 7.95. The number of amides is 1. The third kappa shape index (κ3) is 4.03. The van der Waals surface area contributed by atoms with Crippen LogP contribution >= 0.6 is 38.9 Å². The van der Waals surface area contributed by atoms with Crippen LogP contribution in [0.25, 0.3) is 0 Å². The van der Waals surface area contributed by atoms with Crippen LogP contribution < -0.4 is 5.32 Å². The molecule has 0 unspecified atom stereocenters. The molecule has 0 saturated carbocycles. The van der Waals surface area contributed by atoms with Gasteiger partial charge in [0.25, 0.3) is 5.91 Å². The molecule has 0 atom stereocenters. The molecule has 0 aliphatic rings. The number of hydrogen-bond acceptors (Lipinski definition) is 5. The van der Waals surface area contributed by atoms with E-state index in [1.807, 2.05) is 0 Å². The number of aromatic nitrogens is 1. The highest BCUT2D eigenvalue weighted by atomic mass is 79.9. The van der Waals surface area contributed by atoms with Crippen molar-refractivity contribution < 1.29 is 14.3 Å². The highest BCUT2D eigenvalue weighted by Gasteiger charge is 2.16. The van der Waals surface area contributed by atoms with Gasteiger partial charge in [-0.15, -0.1) is 11.3 Å². The number of ether oxygens (including phenoxy) is 1. The molecule has 0 radical (unpaired) electrons. The van der Waals surface area contributed by atoms with Gasteiger partial charge < -0.3 is 10.1 Å². The molecule has 2 rings (SSSR count). The molecule has 21 heavy (non-hydrogen) atoms. The van der Waals surface area contributed by atoms with E-state index in [1.54, 1.807) is 25.1 Å². The van der Waals surface area contributed by atoms with Crippen molar-refractivity contribution in [2.24, 2.45) is 0 Å². The number of nitrogens with zero attached hydrogens (tertiary/aromatic N) is 1. The smallest absolute Gasteiger partial charge is 0.367 e. The van der Waals surface area contributed by atoms with Crippen LogP contribution in [0, 0.1) is 0 Å². The lowest BCUT2D eigenvalue weighted by atomic mass is 10.3. The minimum Gasteiger partial charge on any atom is -0.461 e. The summed E-state index contributed by atoms with van der Waals surface area (Å²) < 4.78 is 5.50. The minimum atomic E-state index is -0.532. The van der Waals surface area contributed by atoms with E-state index < -0.39 is 11.9 Å². The minimum absolute atomic E-state index is 0.152. The maximum Gasteiger partial charge on any atom is 0.367 e. The van der Waals surface area contributed by atoms with Crippen molar-refractivity contribution in [3.63, 3.8) is 0 Å². The lowest BCUT2D eigenvalue weighted by Crippen LogP contribution is -2.13. The second kappa shape index (κ2) is 7.02. The molecule has 0 saturated heterocycles. The van der Waals surface area contributed by atoms with E-state index >= 15 is 0 Å². The Labute approximate surface area is 138 Å². The van der Waals surface area contributed by atoms with Crippen LogP contribution in [0.4, 0.5) is 5.69 Å². The second-order valence-electron chi connectivity index (χ2n) is 3.84. The fraction of sp³-hybridized carbons (Fsp3) is 0.154. The zero-order valence-electron chi connectivity index (χ0n) is 10.9. The number of carbonyl (C=O) groups excluding carboxylic acids is 2. The zero-order chi connectivity index (χ0) is 15.4. The number of esters is 1. The van der Waals surface area contributed by atoms with Crippen LogP contribution in [0.5, 0.6) is 0 Å². The molecule has 1 N–H and O–H groups in total. The Bertz CT molecular complexity index is 690. The first-order valence-electron chi connectivity index (χ1n) is 5.90. The van der Waals surface area contributed by atoms with Gasteiger partial charge >= 0.3 is 5.97 Å². The molecule has 0 aliphatic heterocycles. The summed E-state index contributed by atoms with van der Waals surface area (Å²) in [5, 5.41) is 4.88. The number of halogens is 2. The predicted octanol–water partition coefficient (Wildman–Crippen LogP) is 3.99. The fourth-order valence-electron chi connectivity index (χ4n) is 1.43. The van der Waals surface area contributed by atoms with Gasteiger partial charge in [0.15, 0.2) is 0 Å². The van der Waals surface area contributed by atoms with Crippen LogP contribution in [0.3, 0.4) is 0 Å². The molecular formula is C13H10BrClN2O3S. The molecule has 1 aromatic carbocycles. The average Bonchev–Trinajstić information content (AvgIpc) is 2.93. The lowest BCUT2D eigenvalue weighted by Gasteiger charge is -2.04. The van der Waals surface area contributed by atoms with Crippen molar-refractivity contribution in [2.45, 2.75) is 6.92 Å². The first kappa shape index (κ1) is 15.9. The maximum absolute atomic E-state index is 12.0. The van der Waals surface area contributed by atoms with Crippen molar-refractivity contribution in [3.05, 3.63) is 43.8 Å². The van der Waals surface area contributed by atoms with Gasteiger partial charge in [-0.1, -0.05) is 11.6 Å². The molecule has 5 nitrogen and oxygen atoms in total. The number of rotatable bonds is 4. The maximum atomic E-state index is 12.0. The third-order valence-corrected chi connectivity index (χ3v) is 4.40. The number of thiazole rings is 1. The van der Waals surface area contributed by atoms with E-state index in [9.17, 15) is 9.59 Å². The van der Waals surface area contributed by atoms with Gasteiger partial charge in [-0.25, -0.2) is 9.78 Å². The SMILES string of the molecule is CCOC(=O)c1nc(C(=O)Nc2ccc(Cl)c(Br)c2)cs1. The lowest BCUT2D eigenvalue weighted by molar-refractivity contribution is 0.0526. The third-order valence-electron chi connectivity index (χ3n) is 2.36. The van der Waals surface area contributed by atoms with Crippen molar-refractivity contribution >= 4 is 56.4 Å². The number of anilines is 1. The number of carbonyl (C=O) groups is 2. The topological polar surface area (TPSA) is 68.3 Å².